The number of carbonyl (C=O) groups excluding carboxylic acids is 1. The fourth-order valence-corrected chi connectivity index (χ4v) is 4.23. The van der Waals surface area contributed by atoms with Crippen molar-refractivity contribution in [2.75, 3.05) is 13.7 Å². The lowest BCUT2D eigenvalue weighted by molar-refractivity contribution is -0.123. The minimum absolute atomic E-state index is 0.134. The van der Waals surface area contributed by atoms with Gasteiger partial charge in [0.2, 0.25) is 10.0 Å². The van der Waals surface area contributed by atoms with Gasteiger partial charge in [0.1, 0.15) is 5.75 Å². The van der Waals surface area contributed by atoms with Crippen molar-refractivity contribution in [3.05, 3.63) is 96.1 Å². The first kappa shape index (κ1) is 22.5. The summed E-state index contributed by atoms with van der Waals surface area (Å²) < 4.78 is 32.4. The predicted octanol–water partition coefficient (Wildman–Crippen LogP) is 3.76. The molecule has 0 saturated carbocycles. The van der Waals surface area contributed by atoms with Crippen molar-refractivity contribution in [1.82, 2.24) is 9.62 Å². The van der Waals surface area contributed by atoms with Gasteiger partial charge in [0, 0.05) is 13.6 Å². The van der Waals surface area contributed by atoms with Gasteiger partial charge in [-0.25, -0.2) is 8.42 Å². The third kappa shape index (κ3) is 6.16. The van der Waals surface area contributed by atoms with Crippen molar-refractivity contribution in [2.24, 2.45) is 0 Å². The summed E-state index contributed by atoms with van der Waals surface area (Å²) in [4.78, 5) is 12.3. The molecule has 0 aliphatic rings. The van der Waals surface area contributed by atoms with Gasteiger partial charge in [0.05, 0.1) is 10.9 Å². The van der Waals surface area contributed by atoms with Crippen LogP contribution in [0.15, 0.2) is 89.8 Å². The minimum atomic E-state index is -3.63. The molecule has 162 valence electrons. The van der Waals surface area contributed by atoms with Crippen molar-refractivity contribution in [2.45, 2.75) is 24.4 Å². The standard InChI is InChI=1S/C24H26N2O4S/c1-19(21-11-7-4-8-12-21)25-24(27)18-30-22-13-15-23(16-14-22)31(28,29)26(2)17-20-9-5-3-6-10-20/h3-16,19H,17-18H2,1-2H3,(H,25,27)/t19-/m1/s1. The molecule has 0 unspecified atom stereocenters. The topological polar surface area (TPSA) is 75.7 Å². The van der Waals surface area contributed by atoms with E-state index in [0.717, 1.165) is 11.1 Å². The zero-order valence-corrected chi connectivity index (χ0v) is 18.4. The van der Waals surface area contributed by atoms with E-state index in [1.54, 1.807) is 19.2 Å². The van der Waals surface area contributed by atoms with Crippen LogP contribution in [-0.4, -0.2) is 32.3 Å². The molecule has 1 atom stereocenters. The molecule has 0 bridgehead atoms. The van der Waals surface area contributed by atoms with E-state index in [0.29, 0.717) is 5.75 Å². The van der Waals surface area contributed by atoms with Crippen molar-refractivity contribution in [3.8, 4) is 5.75 Å². The highest BCUT2D eigenvalue weighted by atomic mass is 32.2. The lowest BCUT2D eigenvalue weighted by atomic mass is 10.1. The van der Waals surface area contributed by atoms with Gasteiger partial charge in [0.25, 0.3) is 5.91 Å². The molecule has 7 heteroatoms. The molecule has 0 saturated heterocycles. The van der Waals surface area contributed by atoms with Crippen LogP contribution in [0.4, 0.5) is 0 Å². The van der Waals surface area contributed by atoms with E-state index in [9.17, 15) is 13.2 Å². The summed E-state index contributed by atoms with van der Waals surface area (Å²) in [7, 11) is -2.09. The van der Waals surface area contributed by atoms with Crippen molar-refractivity contribution >= 4 is 15.9 Å². The average Bonchev–Trinajstić information content (AvgIpc) is 2.79. The zero-order valence-electron chi connectivity index (χ0n) is 17.6. The number of benzene rings is 3. The van der Waals surface area contributed by atoms with Gasteiger partial charge in [-0.2, -0.15) is 4.31 Å². The highest BCUT2D eigenvalue weighted by molar-refractivity contribution is 7.89. The Kier molecular flexibility index (Phi) is 7.44. The van der Waals surface area contributed by atoms with Crippen LogP contribution in [0.25, 0.3) is 0 Å². The number of rotatable bonds is 9. The predicted molar refractivity (Wildman–Crippen MR) is 120 cm³/mol. The van der Waals surface area contributed by atoms with E-state index >= 15 is 0 Å². The molecule has 6 nitrogen and oxygen atoms in total. The summed E-state index contributed by atoms with van der Waals surface area (Å²) in [5.41, 5.74) is 1.91. The van der Waals surface area contributed by atoms with E-state index in [4.69, 9.17) is 4.74 Å². The molecule has 3 aromatic rings. The molecule has 1 amide bonds. The number of nitrogens with zero attached hydrogens (tertiary/aromatic N) is 1. The lowest BCUT2D eigenvalue weighted by Crippen LogP contribution is -2.31. The number of nitrogens with one attached hydrogen (secondary N) is 1. The third-order valence-electron chi connectivity index (χ3n) is 4.83. The quantitative estimate of drug-likeness (QED) is 0.552. The van der Waals surface area contributed by atoms with Crippen LogP contribution in [-0.2, 0) is 21.4 Å². The monoisotopic (exact) mass is 438 g/mol. The Labute approximate surface area is 183 Å². The molecule has 0 radical (unpaired) electrons. The average molecular weight is 439 g/mol. The second kappa shape index (κ2) is 10.2. The first-order chi connectivity index (χ1) is 14.9. The van der Waals surface area contributed by atoms with E-state index < -0.39 is 10.0 Å². The van der Waals surface area contributed by atoms with Gasteiger partial charge in [-0.05, 0) is 42.3 Å². The van der Waals surface area contributed by atoms with E-state index in [2.05, 4.69) is 5.32 Å². The van der Waals surface area contributed by atoms with E-state index in [-0.39, 0.29) is 30.0 Å². The Morgan fingerprint density at radius 2 is 1.52 bits per heavy atom. The number of hydrogen-bond donors (Lipinski definition) is 1. The molecular weight excluding hydrogens is 412 g/mol. The highest BCUT2D eigenvalue weighted by Crippen LogP contribution is 2.20. The van der Waals surface area contributed by atoms with Crippen LogP contribution in [0.2, 0.25) is 0 Å². The molecular formula is C24H26N2O4S. The van der Waals surface area contributed by atoms with Gasteiger partial charge in [0.15, 0.2) is 6.61 Å². The molecule has 0 aliphatic carbocycles. The van der Waals surface area contributed by atoms with Crippen molar-refractivity contribution in [1.29, 1.82) is 0 Å². The van der Waals surface area contributed by atoms with Gasteiger partial charge in [-0.3, -0.25) is 4.79 Å². The summed E-state index contributed by atoms with van der Waals surface area (Å²) >= 11 is 0. The third-order valence-corrected chi connectivity index (χ3v) is 6.64. The van der Waals surface area contributed by atoms with Crippen LogP contribution in [0.5, 0.6) is 5.75 Å². The Morgan fingerprint density at radius 1 is 0.935 bits per heavy atom. The Bertz CT molecular complexity index is 1090. The van der Waals surface area contributed by atoms with Gasteiger partial charge < -0.3 is 10.1 Å². The normalized spacial score (nSPS) is 12.4. The molecule has 3 rings (SSSR count). The molecule has 31 heavy (non-hydrogen) atoms. The van der Waals surface area contributed by atoms with Crippen LogP contribution in [0, 0.1) is 0 Å². The molecule has 0 aliphatic heterocycles. The molecule has 3 aromatic carbocycles. The number of carbonyl (C=O) groups is 1. The first-order valence-corrected chi connectivity index (χ1v) is 11.4. The summed E-state index contributed by atoms with van der Waals surface area (Å²) in [6, 6.07) is 25.0. The summed E-state index contributed by atoms with van der Waals surface area (Å²) in [5.74, 6) is 0.169. The number of amides is 1. The molecule has 0 heterocycles. The van der Waals surface area contributed by atoms with Gasteiger partial charge >= 0.3 is 0 Å². The van der Waals surface area contributed by atoms with Crippen LogP contribution in [0.1, 0.15) is 24.1 Å². The second-order valence-corrected chi connectivity index (χ2v) is 9.25. The SMILES string of the molecule is C[C@@H](NC(=O)COc1ccc(S(=O)(=O)N(C)Cc2ccccc2)cc1)c1ccccc1. The Hall–Kier alpha value is -3.16. The fourth-order valence-electron chi connectivity index (χ4n) is 3.07. The highest BCUT2D eigenvalue weighted by Gasteiger charge is 2.21. The number of sulfonamides is 1. The molecule has 0 aromatic heterocycles. The van der Waals surface area contributed by atoms with E-state index in [1.807, 2.05) is 67.6 Å². The number of ether oxygens (including phenoxy) is 1. The molecule has 0 fully saturated rings. The summed E-state index contributed by atoms with van der Waals surface area (Å²) in [5, 5.41) is 2.87. The first-order valence-electron chi connectivity index (χ1n) is 9.93. The molecule has 0 spiro atoms. The van der Waals surface area contributed by atoms with E-state index in [1.165, 1.54) is 16.4 Å². The zero-order chi connectivity index (χ0) is 22.3. The van der Waals surface area contributed by atoms with Crippen LogP contribution < -0.4 is 10.1 Å². The Balaban J connectivity index is 1.55. The van der Waals surface area contributed by atoms with Crippen molar-refractivity contribution in [3.63, 3.8) is 0 Å². The smallest absolute Gasteiger partial charge is 0.258 e. The lowest BCUT2D eigenvalue weighted by Gasteiger charge is -2.18. The largest absolute Gasteiger partial charge is 0.484 e. The summed E-state index contributed by atoms with van der Waals surface area (Å²) in [6.45, 7) is 2.03. The van der Waals surface area contributed by atoms with Crippen LogP contribution in [0.3, 0.4) is 0 Å². The minimum Gasteiger partial charge on any atom is -0.484 e. The van der Waals surface area contributed by atoms with Gasteiger partial charge in [-0.15, -0.1) is 0 Å². The number of hydrogen-bond acceptors (Lipinski definition) is 4. The van der Waals surface area contributed by atoms with Crippen molar-refractivity contribution < 1.29 is 17.9 Å². The Morgan fingerprint density at radius 3 is 2.13 bits per heavy atom. The summed E-state index contributed by atoms with van der Waals surface area (Å²) in [6.07, 6.45) is 0. The maximum absolute atomic E-state index is 12.8. The fraction of sp³-hybridized carbons (Fsp3) is 0.208. The van der Waals surface area contributed by atoms with Gasteiger partial charge in [-0.1, -0.05) is 60.7 Å². The maximum atomic E-state index is 12.8. The maximum Gasteiger partial charge on any atom is 0.258 e. The second-order valence-electron chi connectivity index (χ2n) is 7.21. The van der Waals surface area contributed by atoms with Crippen LogP contribution >= 0.6 is 0 Å². The molecule has 1 N–H and O–H groups in total.